The molecule has 218 valence electrons. The van der Waals surface area contributed by atoms with Crippen LogP contribution < -0.4 is 5.32 Å². The predicted molar refractivity (Wildman–Crippen MR) is 135 cm³/mol. The van der Waals surface area contributed by atoms with Gasteiger partial charge in [-0.25, -0.2) is 0 Å². The number of carbonyl (C=O) groups excluding carboxylic acids is 1. The normalized spacial score (nSPS) is 35.7. The number of amides is 1. The first-order valence-electron chi connectivity index (χ1n) is 13.7. The minimum absolute atomic E-state index is 0.00388. The number of carboxylic acids is 1. The van der Waals surface area contributed by atoms with Crippen LogP contribution >= 0.6 is 0 Å². The molecular formula is C30H33F6NO3. The first-order valence-corrected chi connectivity index (χ1v) is 13.7. The summed E-state index contributed by atoms with van der Waals surface area (Å²) >= 11 is 0. The Morgan fingerprint density at radius 3 is 2.15 bits per heavy atom. The molecule has 2 fully saturated rings. The fraction of sp³-hybridized carbons (Fsp3) is 0.600. The summed E-state index contributed by atoms with van der Waals surface area (Å²) in [6.45, 7) is 3.96. The zero-order valence-electron chi connectivity index (χ0n) is 22.3. The van der Waals surface area contributed by atoms with E-state index >= 15 is 0 Å². The van der Waals surface area contributed by atoms with Gasteiger partial charge in [0.15, 0.2) is 0 Å². The standard InChI is InChI=1S/C30H33F6NO3/c1-26-14-12-17(25(39)40)16-19(26)8-9-20-21-10-11-23(27(21,2)15-13-22(20)26)24(38)37-28(29(31,32)33,30(34,35)36)18-6-4-3-5-7-18/h3-9,16-17,20-23H,10-15H2,1-2H3,(H,37,38)(H,39,40)/t17?,20-,21-,22-,23?,26-,27-/m0/s1. The summed E-state index contributed by atoms with van der Waals surface area (Å²) < 4.78 is 86.1. The van der Waals surface area contributed by atoms with Gasteiger partial charge < -0.3 is 10.4 Å². The van der Waals surface area contributed by atoms with E-state index in [1.807, 2.05) is 25.2 Å². The van der Waals surface area contributed by atoms with Crippen LogP contribution in [0.4, 0.5) is 26.3 Å². The Bertz CT molecular complexity index is 1220. The number of alkyl halides is 6. The molecule has 4 aliphatic carbocycles. The first-order chi connectivity index (χ1) is 18.6. The van der Waals surface area contributed by atoms with Crippen molar-refractivity contribution in [2.75, 3.05) is 0 Å². The smallest absolute Gasteiger partial charge is 0.424 e. The average Bonchev–Trinajstić information content (AvgIpc) is 3.23. The van der Waals surface area contributed by atoms with Gasteiger partial charge in [0.1, 0.15) is 0 Å². The first kappa shape index (κ1) is 28.7. The van der Waals surface area contributed by atoms with Crippen LogP contribution in [-0.4, -0.2) is 29.3 Å². The number of carboxylic acid groups (broad SMARTS) is 1. The number of hydrogen-bond donors (Lipinski definition) is 2. The van der Waals surface area contributed by atoms with Gasteiger partial charge in [-0.1, -0.05) is 62.4 Å². The Morgan fingerprint density at radius 1 is 0.900 bits per heavy atom. The lowest BCUT2D eigenvalue weighted by Gasteiger charge is -2.56. The van der Waals surface area contributed by atoms with E-state index in [1.165, 1.54) is 11.4 Å². The van der Waals surface area contributed by atoms with Crippen molar-refractivity contribution in [3.05, 3.63) is 59.7 Å². The molecule has 10 heteroatoms. The van der Waals surface area contributed by atoms with E-state index < -0.39 is 52.6 Å². The zero-order chi connectivity index (χ0) is 29.3. The molecule has 2 saturated carbocycles. The number of fused-ring (bicyclic) bond motifs is 5. The van der Waals surface area contributed by atoms with Crippen molar-refractivity contribution in [1.29, 1.82) is 0 Å². The third-order valence-corrected chi connectivity index (χ3v) is 10.7. The van der Waals surface area contributed by atoms with E-state index in [0.29, 0.717) is 32.1 Å². The van der Waals surface area contributed by atoms with Crippen molar-refractivity contribution in [2.24, 2.45) is 40.4 Å². The van der Waals surface area contributed by atoms with Crippen molar-refractivity contribution in [1.82, 2.24) is 5.32 Å². The molecule has 4 aliphatic rings. The summed E-state index contributed by atoms with van der Waals surface area (Å²) in [4.78, 5) is 25.1. The summed E-state index contributed by atoms with van der Waals surface area (Å²) in [5.41, 5.74) is -5.66. The highest BCUT2D eigenvalue weighted by Crippen LogP contribution is 2.65. The van der Waals surface area contributed by atoms with Crippen LogP contribution in [-0.2, 0) is 15.1 Å². The van der Waals surface area contributed by atoms with Crippen molar-refractivity contribution in [3.8, 4) is 0 Å². The second-order valence-electron chi connectivity index (χ2n) is 12.4. The minimum Gasteiger partial charge on any atom is -0.481 e. The summed E-state index contributed by atoms with van der Waals surface area (Å²) in [5.74, 6) is -3.57. The molecule has 0 spiro atoms. The molecule has 0 radical (unpaired) electrons. The number of benzene rings is 1. The van der Waals surface area contributed by atoms with Crippen LogP contribution in [0.5, 0.6) is 0 Å². The van der Waals surface area contributed by atoms with Crippen LogP contribution in [0.1, 0.15) is 57.9 Å². The molecule has 0 aromatic heterocycles. The SMILES string of the molecule is C[C@]12CCC(C(=O)O)C=C1C=C[C@@H]1[C@@H]2CC[C@]2(C)C(C(=O)NC(c3ccccc3)(C(F)(F)F)C(F)(F)F)CC[C@@H]12. The van der Waals surface area contributed by atoms with Crippen LogP contribution in [0.3, 0.4) is 0 Å². The fourth-order valence-electron chi connectivity index (χ4n) is 8.44. The maximum absolute atomic E-state index is 14.3. The third kappa shape index (κ3) is 4.11. The van der Waals surface area contributed by atoms with Crippen molar-refractivity contribution >= 4 is 11.9 Å². The topological polar surface area (TPSA) is 66.4 Å². The second-order valence-corrected chi connectivity index (χ2v) is 12.4. The summed E-state index contributed by atoms with van der Waals surface area (Å²) in [6, 6.07) is 4.97. The molecule has 0 heterocycles. The van der Waals surface area contributed by atoms with Gasteiger partial charge in [-0.2, -0.15) is 26.3 Å². The molecule has 0 bridgehead atoms. The van der Waals surface area contributed by atoms with Crippen LogP contribution in [0.25, 0.3) is 0 Å². The lowest BCUT2D eigenvalue weighted by Crippen LogP contribution is -2.66. The van der Waals surface area contributed by atoms with Gasteiger partial charge in [-0.15, -0.1) is 0 Å². The molecule has 1 aromatic carbocycles. The molecular weight excluding hydrogens is 536 g/mol. The second kappa shape index (κ2) is 9.38. The molecule has 0 aliphatic heterocycles. The largest absolute Gasteiger partial charge is 0.481 e. The fourth-order valence-corrected chi connectivity index (χ4v) is 8.44. The highest BCUT2D eigenvalue weighted by Gasteiger charge is 2.73. The van der Waals surface area contributed by atoms with Crippen LogP contribution in [0, 0.1) is 40.4 Å². The molecule has 0 saturated heterocycles. The number of halogens is 6. The van der Waals surface area contributed by atoms with Crippen molar-refractivity contribution < 1.29 is 41.0 Å². The molecule has 2 unspecified atom stereocenters. The molecule has 1 aromatic rings. The van der Waals surface area contributed by atoms with Gasteiger partial charge in [0, 0.05) is 5.92 Å². The molecule has 1 amide bonds. The zero-order valence-corrected chi connectivity index (χ0v) is 22.3. The van der Waals surface area contributed by atoms with E-state index in [9.17, 15) is 41.0 Å². The van der Waals surface area contributed by atoms with Gasteiger partial charge in [0.25, 0.3) is 5.54 Å². The average molecular weight is 570 g/mol. The Kier molecular flexibility index (Phi) is 6.74. The van der Waals surface area contributed by atoms with Crippen LogP contribution in [0.2, 0.25) is 0 Å². The van der Waals surface area contributed by atoms with Gasteiger partial charge in [0.2, 0.25) is 5.91 Å². The summed E-state index contributed by atoms with van der Waals surface area (Å²) in [6.07, 6.45) is -2.79. The summed E-state index contributed by atoms with van der Waals surface area (Å²) in [7, 11) is 0. The summed E-state index contributed by atoms with van der Waals surface area (Å²) in [5, 5.41) is 11.0. The van der Waals surface area contributed by atoms with Gasteiger partial charge >= 0.3 is 18.3 Å². The monoisotopic (exact) mass is 569 g/mol. The van der Waals surface area contributed by atoms with Gasteiger partial charge in [-0.05, 0) is 78.2 Å². The predicted octanol–water partition coefficient (Wildman–Crippen LogP) is 7.18. The Labute approximate surface area is 228 Å². The maximum Gasteiger partial charge on any atom is 0.424 e. The van der Waals surface area contributed by atoms with E-state index in [4.69, 9.17) is 0 Å². The lowest BCUT2D eigenvalue weighted by molar-refractivity contribution is -0.312. The van der Waals surface area contributed by atoms with E-state index in [1.54, 1.807) is 0 Å². The van der Waals surface area contributed by atoms with E-state index in [2.05, 4.69) is 6.92 Å². The minimum atomic E-state index is -5.82. The highest BCUT2D eigenvalue weighted by molar-refractivity contribution is 5.81. The molecule has 5 rings (SSSR count). The van der Waals surface area contributed by atoms with Gasteiger partial charge in [-0.3, -0.25) is 9.59 Å². The number of allylic oxidation sites excluding steroid dienone is 3. The van der Waals surface area contributed by atoms with E-state index in [-0.39, 0.29) is 29.6 Å². The van der Waals surface area contributed by atoms with Gasteiger partial charge in [0.05, 0.1) is 5.92 Å². The number of nitrogens with one attached hydrogen (secondary N) is 1. The maximum atomic E-state index is 14.3. The Hall–Kier alpha value is -2.78. The quantitative estimate of drug-likeness (QED) is 0.378. The molecule has 2 N–H and O–H groups in total. The number of aliphatic carboxylic acids is 1. The number of rotatable bonds is 4. The Morgan fingerprint density at radius 2 is 1.55 bits per heavy atom. The Balaban J connectivity index is 1.46. The number of carbonyl (C=O) groups is 2. The molecule has 7 atom stereocenters. The lowest BCUT2D eigenvalue weighted by atomic mass is 9.48. The molecule has 4 nitrogen and oxygen atoms in total. The van der Waals surface area contributed by atoms with Crippen molar-refractivity contribution in [3.63, 3.8) is 0 Å². The van der Waals surface area contributed by atoms with Crippen LogP contribution in [0.15, 0.2) is 54.1 Å². The number of hydrogen-bond acceptors (Lipinski definition) is 2. The third-order valence-electron chi connectivity index (χ3n) is 10.7. The molecule has 40 heavy (non-hydrogen) atoms. The van der Waals surface area contributed by atoms with E-state index in [0.717, 1.165) is 29.8 Å². The van der Waals surface area contributed by atoms with Crippen molar-refractivity contribution in [2.45, 2.75) is 70.3 Å². The highest BCUT2D eigenvalue weighted by atomic mass is 19.4.